The van der Waals surface area contributed by atoms with Crippen LogP contribution in [0.1, 0.15) is 11.3 Å². The van der Waals surface area contributed by atoms with Gasteiger partial charge in [0.15, 0.2) is 5.16 Å². The molecule has 13 heteroatoms. The van der Waals surface area contributed by atoms with Gasteiger partial charge in [-0.2, -0.15) is 13.2 Å². The Morgan fingerprint density at radius 2 is 2.09 bits per heavy atom. The largest absolute Gasteiger partial charge is 0.467 e. The van der Waals surface area contributed by atoms with E-state index in [-0.39, 0.29) is 23.9 Å². The van der Waals surface area contributed by atoms with Crippen LogP contribution in [0.15, 0.2) is 52.5 Å². The molecule has 0 saturated carbocycles. The van der Waals surface area contributed by atoms with Crippen molar-refractivity contribution in [3.05, 3.63) is 59.3 Å². The second-order valence-electron chi connectivity index (χ2n) is 6.60. The molecule has 1 aromatic carbocycles. The fraction of sp³-hybridized carbons (Fsp3) is 0.263. The van der Waals surface area contributed by atoms with E-state index in [0.29, 0.717) is 17.5 Å². The lowest BCUT2D eigenvalue weighted by molar-refractivity contribution is -0.137. The summed E-state index contributed by atoms with van der Waals surface area (Å²) in [6.07, 6.45) is -1.60. The maximum atomic E-state index is 12.9. The van der Waals surface area contributed by atoms with E-state index in [9.17, 15) is 22.8 Å². The summed E-state index contributed by atoms with van der Waals surface area (Å²) in [5.41, 5.74) is -1.13. The Balaban J connectivity index is 1.52. The van der Waals surface area contributed by atoms with Crippen molar-refractivity contribution in [3.63, 3.8) is 0 Å². The number of anilines is 1. The van der Waals surface area contributed by atoms with Crippen molar-refractivity contribution in [1.29, 1.82) is 0 Å². The molecule has 1 N–H and O–H groups in total. The van der Waals surface area contributed by atoms with E-state index in [0.717, 1.165) is 28.8 Å². The van der Waals surface area contributed by atoms with Crippen LogP contribution in [0.2, 0.25) is 5.02 Å². The molecule has 0 atom stereocenters. The standard InChI is InChI=1S/C19H17ClF3N5O3S/c1-27(9-16(29)25-12-4-5-15(20)14(7-12)19(21,22)23)17(30)10-32-18-26-24-11-28(18)8-13-3-2-6-31-13/h2-7,11H,8-10H2,1H3,(H,25,29). The van der Waals surface area contributed by atoms with E-state index < -0.39 is 22.7 Å². The zero-order chi connectivity index (χ0) is 23.3. The number of rotatable bonds is 8. The number of aromatic nitrogens is 3. The molecule has 0 aliphatic carbocycles. The average Bonchev–Trinajstić information content (AvgIpc) is 3.39. The van der Waals surface area contributed by atoms with E-state index in [4.69, 9.17) is 16.0 Å². The van der Waals surface area contributed by atoms with Gasteiger partial charge in [0.2, 0.25) is 11.8 Å². The molecule has 2 aromatic heterocycles. The normalized spacial score (nSPS) is 11.4. The Labute approximate surface area is 189 Å². The van der Waals surface area contributed by atoms with Crippen molar-refractivity contribution in [3.8, 4) is 0 Å². The highest BCUT2D eigenvalue weighted by Gasteiger charge is 2.33. The summed E-state index contributed by atoms with van der Waals surface area (Å²) < 4.78 is 45.8. The molecule has 0 radical (unpaired) electrons. The number of nitrogens with one attached hydrogen (secondary N) is 1. The van der Waals surface area contributed by atoms with E-state index >= 15 is 0 Å². The van der Waals surface area contributed by atoms with Gasteiger partial charge in [0.1, 0.15) is 12.1 Å². The van der Waals surface area contributed by atoms with Gasteiger partial charge < -0.3 is 19.2 Å². The summed E-state index contributed by atoms with van der Waals surface area (Å²) in [7, 11) is 1.42. The predicted octanol–water partition coefficient (Wildman–Crippen LogP) is 3.78. The van der Waals surface area contributed by atoms with Crippen LogP contribution in [0.3, 0.4) is 0 Å². The maximum absolute atomic E-state index is 12.9. The topological polar surface area (TPSA) is 93.3 Å². The van der Waals surface area contributed by atoms with Gasteiger partial charge in [-0.25, -0.2) is 0 Å². The smallest absolute Gasteiger partial charge is 0.417 e. The Kier molecular flexibility index (Phi) is 7.46. The van der Waals surface area contributed by atoms with Crippen molar-refractivity contribution in [1.82, 2.24) is 19.7 Å². The van der Waals surface area contributed by atoms with E-state index in [1.165, 1.54) is 19.4 Å². The zero-order valence-electron chi connectivity index (χ0n) is 16.6. The van der Waals surface area contributed by atoms with Crippen LogP contribution in [0.4, 0.5) is 18.9 Å². The van der Waals surface area contributed by atoms with E-state index in [1.807, 2.05) is 0 Å². The molecule has 3 aromatic rings. The van der Waals surface area contributed by atoms with Crippen molar-refractivity contribution in [2.45, 2.75) is 17.9 Å². The third-order valence-electron chi connectivity index (χ3n) is 4.17. The first-order chi connectivity index (χ1) is 15.1. The number of carbonyl (C=O) groups excluding carboxylic acids is 2. The van der Waals surface area contributed by atoms with Crippen LogP contribution in [0, 0.1) is 0 Å². The van der Waals surface area contributed by atoms with Crippen LogP contribution in [0.25, 0.3) is 0 Å². The number of hydrogen-bond acceptors (Lipinski definition) is 6. The van der Waals surface area contributed by atoms with Gasteiger partial charge in [0.25, 0.3) is 0 Å². The van der Waals surface area contributed by atoms with Crippen molar-refractivity contribution in [2.75, 3.05) is 24.7 Å². The van der Waals surface area contributed by atoms with Gasteiger partial charge in [0.05, 0.1) is 35.7 Å². The Morgan fingerprint density at radius 1 is 1.31 bits per heavy atom. The number of alkyl halides is 3. The van der Waals surface area contributed by atoms with Crippen LogP contribution < -0.4 is 5.32 Å². The minimum absolute atomic E-state index is 0.0141. The van der Waals surface area contributed by atoms with E-state index in [2.05, 4.69) is 15.5 Å². The zero-order valence-corrected chi connectivity index (χ0v) is 18.2. The summed E-state index contributed by atoms with van der Waals surface area (Å²) in [4.78, 5) is 25.7. The average molecular weight is 488 g/mol. The molecular weight excluding hydrogens is 471 g/mol. The molecule has 0 aliphatic heterocycles. The number of amides is 2. The molecule has 0 saturated heterocycles. The van der Waals surface area contributed by atoms with Crippen molar-refractivity contribution < 1.29 is 27.2 Å². The predicted molar refractivity (Wildman–Crippen MR) is 111 cm³/mol. The number of halogens is 4. The lowest BCUT2D eigenvalue weighted by Gasteiger charge is -2.17. The number of carbonyl (C=O) groups is 2. The summed E-state index contributed by atoms with van der Waals surface area (Å²) in [6.45, 7) is 0.0538. The molecule has 3 rings (SSSR count). The van der Waals surface area contributed by atoms with Gasteiger partial charge in [0, 0.05) is 12.7 Å². The van der Waals surface area contributed by atoms with Crippen LogP contribution in [-0.2, 0) is 22.3 Å². The van der Waals surface area contributed by atoms with Crippen LogP contribution in [-0.4, -0.2) is 50.8 Å². The first kappa shape index (κ1) is 23.7. The minimum atomic E-state index is -4.65. The fourth-order valence-electron chi connectivity index (χ4n) is 2.60. The molecule has 0 unspecified atom stereocenters. The van der Waals surface area contributed by atoms with Gasteiger partial charge >= 0.3 is 6.18 Å². The molecular formula is C19H17ClF3N5O3S. The van der Waals surface area contributed by atoms with Crippen LogP contribution >= 0.6 is 23.4 Å². The third kappa shape index (κ3) is 6.26. The highest BCUT2D eigenvalue weighted by atomic mass is 35.5. The SMILES string of the molecule is CN(CC(=O)Nc1ccc(Cl)c(C(F)(F)F)c1)C(=O)CSc1nncn1Cc1ccco1. The molecule has 170 valence electrons. The summed E-state index contributed by atoms with van der Waals surface area (Å²) in [5, 5.41) is 10.1. The molecule has 2 heterocycles. The lowest BCUT2D eigenvalue weighted by atomic mass is 10.2. The molecule has 2 amide bonds. The molecule has 0 aliphatic rings. The highest BCUT2D eigenvalue weighted by molar-refractivity contribution is 7.99. The maximum Gasteiger partial charge on any atom is 0.417 e. The third-order valence-corrected chi connectivity index (χ3v) is 5.47. The quantitative estimate of drug-likeness (QED) is 0.486. The van der Waals surface area contributed by atoms with Gasteiger partial charge in [-0.1, -0.05) is 23.4 Å². The van der Waals surface area contributed by atoms with Gasteiger partial charge in [-0.05, 0) is 30.3 Å². The number of benzene rings is 1. The monoisotopic (exact) mass is 487 g/mol. The summed E-state index contributed by atoms with van der Waals surface area (Å²) >= 11 is 6.70. The molecule has 0 fully saturated rings. The molecule has 32 heavy (non-hydrogen) atoms. The number of thioether (sulfide) groups is 1. The first-order valence-electron chi connectivity index (χ1n) is 9.07. The Hall–Kier alpha value is -2.99. The lowest BCUT2D eigenvalue weighted by Crippen LogP contribution is -2.36. The van der Waals surface area contributed by atoms with Crippen molar-refractivity contribution in [2.24, 2.45) is 0 Å². The fourth-order valence-corrected chi connectivity index (χ4v) is 3.68. The summed E-state index contributed by atoms with van der Waals surface area (Å²) in [6, 6.07) is 6.58. The number of hydrogen-bond donors (Lipinski definition) is 1. The van der Waals surface area contributed by atoms with Crippen molar-refractivity contribution >= 4 is 40.9 Å². The van der Waals surface area contributed by atoms with Gasteiger partial charge in [-0.15, -0.1) is 10.2 Å². The second-order valence-corrected chi connectivity index (χ2v) is 7.95. The summed E-state index contributed by atoms with van der Waals surface area (Å²) in [5.74, 6) is -0.338. The Morgan fingerprint density at radius 3 is 2.78 bits per heavy atom. The minimum Gasteiger partial charge on any atom is -0.467 e. The van der Waals surface area contributed by atoms with Crippen LogP contribution in [0.5, 0.6) is 0 Å². The van der Waals surface area contributed by atoms with E-state index in [1.54, 1.807) is 23.0 Å². The highest BCUT2D eigenvalue weighted by Crippen LogP contribution is 2.36. The first-order valence-corrected chi connectivity index (χ1v) is 10.4. The molecule has 0 spiro atoms. The molecule has 8 nitrogen and oxygen atoms in total. The number of likely N-dealkylation sites (N-methyl/N-ethyl adjacent to an activating group) is 1. The number of nitrogens with zero attached hydrogens (tertiary/aromatic N) is 4. The molecule has 0 bridgehead atoms. The second kappa shape index (κ2) is 10.1. The Bertz CT molecular complexity index is 1090. The number of furan rings is 1. The van der Waals surface area contributed by atoms with Gasteiger partial charge in [-0.3, -0.25) is 9.59 Å².